The van der Waals surface area contributed by atoms with E-state index in [-0.39, 0.29) is 11.9 Å². The second-order valence-electron chi connectivity index (χ2n) is 5.29. The Labute approximate surface area is 122 Å². The van der Waals surface area contributed by atoms with Crippen LogP contribution in [0, 0.1) is 6.92 Å². The number of amides is 1. The monoisotopic (exact) mass is 277 g/mol. The standard InChI is InChI=1S/C16H27N3O/c1-4-6-8-13(7-5-2)18-16(20)14-11-12(3)9-10-15(14)19-17/h9-11,13,19H,4-8,17H2,1-3H3,(H,18,20). The normalized spacial score (nSPS) is 12.0. The van der Waals surface area contributed by atoms with Crippen LogP contribution in [0.3, 0.4) is 0 Å². The minimum absolute atomic E-state index is 0.0452. The lowest BCUT2D eigenvalue weighted by molar-refractivity contribution is 0.0933. The molecule has 4 nitrogen and oxygen atoms in total. The third kappa shape index (κ3) is 4.85. The van der Waals surface area contributed by atoms with E-state index in [2.05, 4.69) is 24.6 Å². The van der Waals surface area contributed by atoms with Gasteiger partial charge in [-0.3, -0.25) is 10.6 Å². The van der Waals surface area contributed by atoms with Crippen LogP contribution in [0.15, 0.2) is 18.2 Å². The first-order chi connectivity index (χ1) is 9.62. The number of unbranched alkanes of at least 4 members (excludes halogenated alkanes) is 1. The van der Waals surface area contributed by atoms with Crippen LogP contribution < -0.4 is 16.6 Å². The minimum atomic E-state index is -0.0452. The van der Waals surface area contributed by atoms with Crippen molar-refractivity contribution in [1.29, 1.82) is 0 Å². The lowest BCUT2D eigenvalue weighted by Gasteiger charge is -2.19. The zero-order valence-corrected chi connectivity index (χ0v) is 12.8. The number of nitrogens with two attached hydrogens (primary N) is 1. The number of hydrogen-bond donors (Lipinski definition) is 3. The molecule has 0 saturated heterocycles. The lowest BCUT2D eigenvalue weighted by Crippen LogP contribution is -2.35. The van der Waals surface area contributed by atoms with Gasteiger partial charge in [0.2, 0.25) is 0 Å². The largest absolute Gasteiger partial charge is 0.349 e. The summed E-state index contributed by atoms with van der Waals surface area (Å²) in [5.41, 5.74) is 4.92. The molecule has 112 valence electrons. The van der Waals surface area contributed by atoms with E-state index < -0.39 is 0 Å². The summed E-state index contributed by atoms with van der Waals surface area (Å²) < 4.78 is 0. The summed E-state index contributed by atoms with van der Waals surface area (Å²) in [6.45, 7) is 6.28. The van der Waals surface area contributed by atoms with Gasteiger partial charge < -0.3 is 10.7 Å². The first-order valence-corrected chi connectivity index (χ1v) is 7.50. The number of nitrogen functional groups attached to an aromatic ring is 1. The van der Waals surface area contributed by atoms with E-state index in [1.165, 1.54) is 0 Å². The maximum Gasteiger partial charge on any atom is 0.253 e. The van der Waals surface area contributed by atoms with Gasteiger partial charge in [-0.1, -0.05) is 44.7 Å². The van der Waals surface area contributed by atoms with Crippen molar-refractivity contribution in [3.8, 4) is 0 Å². The van der Waals surface area contributed by atoms with Gasteiger partial charge in [-0.05, 0) is 31.9 Å². The summed E-state index contributed by atoms with van der Waals surface area (Å²) in [5, 5.41) is 3.14. The van der Waals surface area contributed by atoms with Crippen molar-refractivity contribution in [2.45, 2.75) is 58.9 Å². The molecule has 0 bridgehead atoms. The Balaban J connectivity index is 2.79. The second-order valence-corrected chi connectivity index (χ2v) is 5.29. The number of carbonyl (C=O) groups is 1. The highest BCUT2D eigenvalue weighted by Crippen LogP contribution is 2.17. The molecule has 1 amide bonds. The SMILES string of the molecule is CCCCC(CCC)NC(=O)c1cc(C)ccc1NN. The number of anilines is 1. The van der Waals surface area contributed by atoms with Crippen molar-refractivity contribution in [3.05, 3.63) is 29.3 Å². The van der Waals surface area contributed by atoms with Gasteiger partial charge in [0.1, 0.15) is 0 Å². The van der Waals surface area contributed by atoms with Crippen molar-refractivity contribution in [3.63, 3.8) is 0 Å². The Hall–Kier alpha value is -1.55. The minimum Gasteiger partial charge on any atom is -0.349 e. The molecule has 0 aliphatic carbocycles. The maximum atomic E-state index is 12.4. The van der Waals surface area contributed by atoms with E-state index in [0.717, 1.165) is 37.7 Å². The van der Waals surface area contributed by atoms with E-state index >= 15 is 0 Å². The zero-order chi connectivity index (χ0) is 15.0. The van der Waals surface area contributed by atoms with Crippen LogP contribution in [0.4, 0.5) is 5.69 Å². The molecule has 1 unspecified atom stereocenters. The molecule has 0 aliphatic rings. The number of aryl methyl sites for hydroxylation is 1. The molecule has 0 heterocycles. The summed E-state index contributed by atoms with van der Waals surface area (Å²) in [7, 11) is 0. The third-order valence-corrected chi connectivity index (χ3v) is 3.45. The molecule has 4 heteroatoms. The molecule has 1 aromatic carbocycles. The van der Waals surface area contributed by atoms with Crippen LogP contribution >= 0.6 is 0 Å². The van der Waals surface area contributed by atoms with Crippen LogP contribution in [0.5, 0.6) is 0 Å². The average molecular weight is 277 g/mol. The lowest BCUT2D eigenvalue weighted by atomic mass is 10.0. The topological polar surface area (TPSA) is 67.2 Å². The smallest absolute Gasteiger partial charge is 0.253 e. The highest BCUT2D eigenvalue weighted by molar-refractivity contribution is 5.99. The van der Waals surface area contributed by atoms with Gasteiger partial charge in [-0.2, -0.15) is 0 Å². The maximum absolute atomic E-state index is 12.4. The molecule has 0 aromatic heterocycles. The first kappa shape index (κ1) is 16.5. The molecule has 0 spiro atoms. The molecule has 1 atom stereocenters. The Morgan fingerprint density at radius 3 is 2.60 bits per heavy atom. The molecule has 1 rings (SSSR count). The van der Waals surface area contributed by atoms with Crippen molar-refractivity contribution >= 4 is 11.6 Å². The fraction of sp³-hybridized carbons (Fsp3) is 0.562. The third-order valence-electron chi connectivity index (χ3n) is 3.45. The van der Waals surface area contributed by atoms with E-state index in [4.69, 9.17) is 5.84 Å². The van der Waals surface area contributed by atoms with Crippen molar-refractivity contribution in [2.75, 3.05) is 5.43 Å². The highest BCUT2D eigenvalue weighted by atomic mass is 16.1. The summed E-state index contributed by atoms with van der Waals surface area (Å²) >= 11 is 0. The summed E-state index contributed by atoms with van der Waals surface area (Å²) in [5.74, 6) is 5.43. The van der Waals surface area contributed by atoms with E-state index in [9.17, 15) is 4.79 Å². The number of nitrogens with one attached hydrogen (secondary N) is 2. The molecule has 0 radical (unpaired) electrons. The van der Waals surface area contributed by atoms with E-state index in [1.807, 2.05) is 25.1 Å². The predicted octanol–water partition coefficient (Wildman–Crippen LogP) is 3.37. The van der Waals surface area contributed by atoms with E-state index in [0.29, 0.717) is 11.3 Å². The van der Waals surface area contributed by atoms with Crippen LogP contribution in [0.2, 0.25) is 0 Å². The Kier molecular flexibility index (Phi) is 7.09. The Bertz CT molecular complexity index is 432. The van der Waals surface area contributed by atoms with E-state index in [1.54, 1.807) is 0 Å². The number of benzene rings is 1. The highest BCUT2D eigenvalue weighted by Gasteiger charge is 2.15. The number of carbonyl (C=O) groups excluding carboxylic acids is 1. The number of rotatable bonds is 8. The summed E-state index contributed by atoms with van der Waals surface area (Å²) in [4.78, 5) is 12.4. The Morgan fingerprint density at radius 2 is 2.00 bits per heavy atom. The molecule has 0 aliphatic heterocycles. The zero-order valence-electron chi connectivity index (χ0n) is 12.8. The van der Waals surface area contributed by atoms with Crippen LogP contribution in [0.25, 0.3) is 0 Å². The summed E-state index contributed by atoms with van der Waals surface area (Å²) in [6.07, 6.45) is 5.41. The fourth-order valence-electron chi connectivity index (χ4n) is 2.32. The van der Waals surface area contributed by atoms with Gasteiger partial charge in [0.25, 0.3) is 5.91 Å². The van der Waals surface area contributed by atoms with Crippen molar-refractivity contribution in [1.82, 2.24) is 5.32 Å². The fourth-order valence-corrected chi connectivity index (χ4v) is 2.32. The van der Waals surface area contributed by atoms with Gasteiger partial charge in [0, 0.05) is 6.04 Å². The first-order valence-electron chi connectivity index (χ1n) is 7.50. The average Bonchev–Trinajstić information content (AvgIpc) is 2.44. The van der Waals surface area contributed by atoms with Crippen LogP contribution in [-0.2, 0) is 0 Å². The number of hydrogen-bond acceptors (Lipinski definition) is 3. The molecule has 0 fully saturated rings. The molecule has 1 aromatic rings. The second kappa shape index (κ2) is 8.59. The Morgan fingerprint density at radius 1 is 1.25 bits per heavy atom. The van der Waals surface area contributed by atoms with Gasteiger partial charge in [0.05, 0.1) is 11.3 Å². The quantitative estimate of drug-likeness (QED) is 0.504. The van der Waals surface area contributed by atoms with Gasteiger partial charge in [0.15, 0.2) is 0 Å². The molecule has 0 saturated carbocycles. The molecule has 20 heavy (non-hydrogen) atoms. The van der Waals surface area contributed by atoms with Gasteiger partial charge in [-0.15, -0.1) is 0 Å². The number of hydrazine groups is 1. The van der Waals surface area contributed by atoms with Crippen LogP contribution in [-0.4, -0.2) is 11.9 Å². The van der Waals surface area contributed by atoms with Crippen molar-refractivity contribution < 1.29 is 4.79 Å². The predicted molar refractivity (Wildman–Crippen MR) is 84.7 cm³/mol. The van der Waals surface area contributed by atoms with Gasteiger partial charge in [-0.25, -0.2) is 0 Å². The van der Waals surface area contributed by atoms with Crippen LogP contribution in [0.1, 0.15) is 61.9 Å². The van der Waals surface area contributed by atoms with Gasteiger partial charge >= 0.3 is 0 Å². The van der Waals surface area contributed by atoms with Crippen molar-refractivity contribution in [2.24, 2.45) is 5.84 Å². The molecule has 4 N–H and O–H groups in total. The molecular weight excluding hydrogens is 250 g/mol. The summed E-state index contributed by atoms with van der Waals surface area (Å²) in [6, 6.07) is 5.89. The molecular formula is C16H27N3O.